The molecule has 108 valence electrons. The molecule has 1 aromatic carbocycles. The Morgan fingerprint density at radius 2 is 2.10 bits per heavy atom. The van der Waals surface area contributed by atoms with E-state index in [9.17, 15) is 8.42 Å². The first kappa shape index (κ1) is 14.8. The lowest BCUT2D eigenvalue weighted by Crippen LogP contribution is -2.23. The van der Waals surface area contributed by atoms with E-state index in [-0.39, 0.29) is 17.5 Å². The van der Waals surface area contributed by atoms with Crippen LogP contribution >= 0.6 is 0 Å². The van der Waals surface area contributed by atoms with Gasteiger partial charge in [-0.05, 0) is 37.7 Å². The van der Waals surface area contributed by atoms with Crippen molar-refractivity contribution < 1.29 is 12.8 Å². The Bertz CT molecular complexity index is 651. The summed E-state index contributed by atoms with van der Waals surface area (Å²) >= 11 is 0. The van der Waals surface area contributed by atoms with Gasteiger partial charge >= 0.3 is 0 Å². The van der Waals surface area contributed by atoms with E-state index in [4.69, 9.17) is 4.42 Å². The molecule has 0 fully saturated rings. The summed E-state index contributed by atoms with van der Waals surface area (Å²) in [6.07, 6.45) is 3.03. The Morgan fingerprint density at radius 3 is 2.75 bits per heavy atom. The van der Waals surface area contributed by atoms with Gasteiger partial charge in [-0.25, -0.2) is 13.1 Å². The van der Waals surface area contributed by atoms with Gasteiger partial charge in [0.2, 0.25) is 10.0 Å². The summed E-state index contributed by atoms with van der Waals surface area (Å²) in [5.74, 6) is 0. The third kappa shape index (κ3) is 3.47. The normalized spacial score (nSPS) is 13.3. The summed E-state index contributed by atoms with van der Waals surface area (Å²) < 4.78 is 31.9. The molecule has 6 heteroatoms. The lowest BCUT2D eigenvalue weighted by atomic mass is 10.1. The summed E-state index contributed by atoms with van der Waals surface area (Å²) in [4.78, 5) is 0.264. The van der Waals surface area contributed by atoms with Crippen LogP contribution in [0.2, 0.25) is 0 Å². The summed E-state index contributed by atoms with van der Waals surface area (Å²) in [7, 11) is -1.68. The largest absolute Gasteiger partial charge is 0.472 e. The Labute approximate surface area is 119 Å². The molecule has 2 aromatic rings. The SMILES string of the molecule is CNC(C)c1cccc(S(=O)(=O)NCc2ccoc2)c1. The highest BCUT2D eigenvalue weighted by Gasteiger charge is 2.15. The van der Waals surface area contributed by atoms with Gasteiger partial charge in [-0.2, -0.15) is 0 Å². The van der Waals surface area contributed by atoms with Crippen molar-refractivity contribution >= 4 is 10.0 Å². The minimum atomic E-state index is -3.52. The topological polar surface area (TPSA) is 71.3 Å². The molecule has 0 bridgehead atoms. The van der Waals surface area contributed by atoms with Gasteiger partial charge in [-0.15, -0.1) is 0 Å². The standard InChI is InChI=1S/C14H18N2O3S/c1-11(15-2)13-4-3-5-14(8-13)20(17,18)16-9-12-6-7-19-10-12/h3-8,10-11,15-16H,9H2,1-2H3. The summed E-state index contributed by atoms with van der Waals surface area (Å²) in [5, 5.41) is 3.09. The van der Waals surface area contributed by atoms with Crippen LogP contribution in [0.1, 0.15) is 24.1 Å². The van der Waals surface area contributed by atoms with Crippen molar-refractivity contribution in [1.82, 2.24) is 10.0 Å². The quantitative estimate of drug-likeness (QED) is 0.855. The first-order valence-electron chi connectivity index (χ1n) is 6.31. The average molecular weight is 294 g/mol. The maximum absolute atomic E-state index is 12.2. The number of rotatable bonds is 6. The first-order chi connectivity index (χ1) is 9.53. The number of benzene rings is 1. The molecular weight excluding hydrogens is 276 g/mol. The Kier molecular flexibility index (Phi) is 4.59. The molecule has 2 N–H and O–H groups in total. The van der Waals surface area contributed by atoms with Gasteiger partial charge < -0.3 is 9.73 Å². The van der Waals surface area contributed by atoms with E-state index in [1.807, 2.05) is 20.0 Å². The van der Waals surface area contributed by atoms with E-state index in [0.717, 1.165) is 11.1 Å². The summed E-state index contributed by atoms with van der Waals surface area (Å²) in [6.45, 7) is 2.19. The smallest absolute Gasteiger partial charge is 0.240 e. The van der Waals surface area contributed by atoms with Crippen LogP contribution < -0.4 is 10.0 Å². The maximum Gasteiger partial charge on any atom is 0.240 e. The molecule has 1 atom stereocenters. The van der Waals surface area contributed by atoms with Crippen molar-refractivity contribution in [3.8, 4) is 0 Å². The minimum Gasteiger partial charge on any atom is -0.472 e. The molecule has 2 rings (SSSR count). The maximum atomic E-state index is 12.2. The predicted molar refractivity (Wildman–Crippen MR) is 76.7 cm³/mol. The highest BCUT2D eigenvalue weighted by molar-refractivity contribution is 7.89. The van der Waals surface area contributed by atoms with Crippen LogP contribution in [0.5, 0.6) is 0 Å². The van der Waals surface area contributed by atoms with Crippen LogP contribution in [0.15, 0.2) is 52.2 Å². The summed E-state index contributed by atoms with van der Waals surface area (Å²) in [6, 6.07) is 8.73. The molecule has 0 amide bonds. The number of hydrogen-bond acceptors (Lipinski definition) is 4. The molecule has 0 spiro atoms. The van der Waals surface area contributed by atoms with Crippen molar-refractivity contribution in [2.45, 2.75) is 24.4 Å². The van der Waals surface area contributed by atoms with Gasteiger partial charge in [-0.1, -0.05) is 12.1 Å². The van der Waals surface area contributed by atoms with E-state index >= 15 is 0 Å². The second kappa shape index (κ2) is 6.21. The molecule has 0 aliphatic carbocycles. The second-order valence-electron chi connectivity index (χ2n) is 4.54. The Balaban J connectivity index is 2.16. The van der Waals surface area contributed by atoms with Crippen LogP contribution in [0, 0.1) is 0 Å². The lowest BCUT2D eigenvalue weighted by Gasteiger charge is -2.12. The average Bonchev–Trinajstić information content (AvgIpc) is 2.98. The molecule has 0 aliphatic heterocycles. The van der Waals surface area contributed by atoms with Gasteiger partial charge in [0, 0.05) is 18.2 Å². The van der Waals surface area contributed by atoms with Crippen LogP contribution in [0.25, 0.3) is 0 Å². The van der Waals surface area contributed by atoms with Crippen LogP contribution in [0.3, 0.4) is 0 Å². The van der Waals surface area contributed by atoms with Crippen molar-refractivity contribution in [2.75, 3.05) is 7.05 Å². The lowest BCUT2D eigenvalue weighted by molar-refractivity contribution is 0.561. The van der Waals surface area contributed by atoms with Crippen molar-refractivity contribution in [1.29, 1.82) is 0 Å². The highest BCUT2D eigenvalue weighted by Crippen LogP contribution is 2.17. The second-order valence-corrected chi connectivity index (χ2v) is 6.31. The van der Waals surface area contributed by atoms with Gasteiger partial charge in [-0.3, -0.25) is 0 Å². The molecule has 0 saturated heterocycles. The fraction of sp³-hybridized carbons (Fsp3) is 0.286. The van der Waals surface area contributed by atoms with Crippen molar-refractivity contribution in [3.63, 3.8) is 0 Å². The molecule has 0 aliphatic rings. The highest BCUT2D eigenvalue weighted by atomic mass is 32.2. The number of nitrogens with one attached hydrogen (secondary N) is 2. The number of hydrogen-bond donors (Lipinski definition) is 2. The van der Waals surface area contributed by atoms with Gasteiger partial charge in [0.25, 0.3) is 0 Å². The van der Waals surface area contributed by atoms with Crippen molar-refractivity contribution in [2.24, 2.45) is 0 Å². The zero-order valence-corrected chi connectivity index (χ0v) is 12.3. The van der Waals surface area contributed by atoms with Crippen LogP contribution in [-0.4, -0.2) is 15.5 Å². The Morgan fingerprint density at radius 1 is 1.30 bits per heavy atom. The molecule has 1 unspecified atom stereocenters. The third-order valence-electron chi connectivity index (χ3n) is 3.15. The van der Waals surface area contributed by atoms with Gasteiger partial charge in [0.05, 0.1) is 17.4 Å². The molecule has 0 radical (unpaired) electrons. The predicted octanol–water partition coefficient (Wildman–Crippen LogP) is 2.04. The van der Waals surface area contributed by atoms with Gasteiger partial charge in [0.15, 0.2) is 0 Å². The Hall–Kier alpha value is -1.63. The zero-order valence-electron chi connectivity index (χ0n) is 11.5. The molecular formula is C14H18N2O3S. The third-order valence-corrected chi connectivity index (χ3v) is 4.55. The number of furan rings is 1. The first-order valence-corrected chi connectivity index (χ1v) is 7.79. The zero-order chi connectivity index (χ0) is 14.6. The monoisotopic (exact) mass is 294 g/mol. The van der Waals surface area contributed by atoms with E-state index < -0.39 is 10.0 Å². The fourth-order valence-electron chi connectivity index (χ4n) is 1.77. The number of sulfonamides is 1. The van der Waals surface area contributed by atoms with Crippen LogP contribution in [-0.2, 0) is 16.6 Å². The van der Waals surface area contributed by atoms with E-state index in [0.29, 0.717) is 0 Å². The van der Waals surface area contributed by atoms with Crippen molar-refractivity contribution in [3.05, 3.63) is 54.0 Å². The molecule has 5 nitrogen and oxygen atoms in total. The van der Waals surface area contributed by atoms with Crippen LogP contribution in [0.4, 0.5) is 0 Å². The molecule has 0 saturated carbocycles. The molecule has 1 heterocycles. The van der Waals surface area contributed by atoms with E-state index in [2.05, 4.69) is 10.0 Å². The molecule has 1 aromatic heterocycles. The minimum absolute atomic E-state index is 0.0963. The summed E-state index contributed by atoms with van der Waals surface area (Å²) in [5.41, 5.74) is 1.71. The van der Waals surface area contributed by atoms with Gasteiger partial charge in [0.1, 0.15) is 0 Å². The fourth-order valence-corrected chi connectivity index (χ4v) is 2.84. The van der Waals surface area contributed by atoms with E-state index in [1.165, 1.54) is 12.5 Å². The van der Waals surface area contributed by atoms with E-state index in [1.54, 1.807) is 24.3 Å². The molecule has 20 heavy (non-hydrogen) atoms.